The van der Waals surface area contributed by atoms with E-state index in [4.69, 9.17) is 9.15 Å². The molecular formula is C19H30N4O2. The topological polar surface area (TPSA) is 55.5 Å². The van der Waals surface area contributed by atoms with Crippen LogP contribution in [-0.4, -0.2) is 41.4 Å². The third-order valence-corrected chi connectivity index (χ3v) is 4.95. The first-order valence-electron chi connectivity index (χ1n) is 9.19. The fraction of sp³-hybridized carbons (Fsp3) is 0.632. The van der Waals surface area contributed by atoms with E-state index in [0.29, 0.717) is 5.92 Å². The van der Waals surface area contributed by atoms with Gasteiger partial charge in [-0.2, -0.15) is 5.10 Å². The maximum absolute atomic E-state index is 5.70. The van der Waals surface area contributed by atoms with Crippen LogP contribution in [0.4, 0.5) is 0 Å². The van der Waals surface area contributed by atoms with Gasteiger partial charge in [0.2, 0.25) is 5.88 Å². The molecule has 1 fully saturated rings. The van der Waals surface area contributed by atoms with Crippen molar-refractivity contribution in [1.82, 2.24) is 20.0 Å². The van der Waals surface area contributed by atoms with E-state index < -0.39 is 0 Å². The summed E-state index contributed by atoms with van der Waals surface area (Å²) in [7, 11) is 3.64. The molecule has 0 aliphatic carbocycles. The zero-order chi connectivity index (χ0) is 17.8. The molecule has 1 aliphatic heterocycles. The average molecular weight is 346 g/mol. The summed E-state index contributed by atoms with van der Waals surface area (Å²) < 4.78 is 13.1. The zero-order valence-electron chi connectivity index (χ0n) is 15.8. The molecule has 3 rings (SSSR count). The number of hydrogen-bond acceptors (Lipinski definition) is 5. The predicted molar refractivity (Wildman–Crippen MR) is 97.8 cm³/mol. The molecule has 3 heterocycles. The van der Waals surface area contributed by atoms with Crippen molar-refractivity contribution in [2.75, 3.05) is 26.7 Å². The third-order valence-electron chi connectivity index (χ3n) is 4.95. The van der Waals surface area contributed by atoms with Crippen molar-refractivity contribution >= 4 is 0 Å². The normalized spacial score (nSPS) is 16.7. The van der Waals surface area contributed by atoms with Gasteiger partial charge in [-0.1, -0.05) is 13.8 Å². The van der Waals surface area contributed by atoms with E-state index in [2.05, 4.69) is 35.2 Å². The number of aryl methyl sites for hydroxylation is 1. The van der Waals surface area contributed by atoms with Gasteiger partial charge in [-0.15, -0.1) is 0 Å². The Morgan fingerprint density at radius 3 is 2.68 bits per heavy atom. The molecule has 1 aliphatic rings. The van der Waals surface area contributed by atoms with E-state index in [0.717, 1.165) is 49.1 Å². The van der Waals surface area contributed by atoms with Crippen molar-refractivity contribution in [2.24, 2.45) is 7.05 Å². The van der Waals surface area contributed by atoms with E-state index in [1.807, 2.05) is 17.8 Å². The lowest BCUT2D eigenvalue weighted by atomic mass is 10.1. The van der Waals surface area contributed by atoms with E-state index in [9.17, 15) is 0 Å². The highest BCUT2D eigenvalue weighted by Crippen LogP contribution is 2.28. The number of methoxy groups -OCH3 is 1. The van der Waals surface area contributed by atoms with Crippen LogP contribution in [0.2, 0.25) is 0 Å². The summed E-state index contributed by atoms with van der Waals surface area (Å²) in [5, 5.41) is 8.24. The molecule has 0 bridgehead atoms. The second-order valence-corrected chi connectivity index (χ2v) is 7.06. The summed E-state index contributed by atoms with van der Waals surface area (Å²) in [5.41, 5.74) is 2.25. The first-order valence-corrected chi connectivity index (χ1v) is 9.19. The number of furan rings is 1. The molecule has 138 valence electrons. The quantitative estimate of drug-likeness (QED) is 0.796. The largest absolute Gasteiger partial charge is 0.481 e. The van der Waals surface area contributed by atoms with Crippen LogP contribution < -0.4 is 10.1 Å². The Labute approximate surface area is 150 Å². The molecule has 1 atom stereocenters. The highest BCUT2D eigenvalue weighted by molar-refractivity contribution is 5.33. The molecule has 0 aromatic carbocycles. The van der Waals surface area contributed by atoms with Gasteiger partial charge in [-0.05, 0) is 44.0 Å². The Bertz CT molecular complexity index is 657. The van der Waals surface area contributed by atoms with Gasteiger partial charge < -0.3 is 14.5 Å². The lowest BCUT2D eigenvalue weighted by Gasteiger charge is -2.26. The molecular weight excluding hydrogens is 316 g/mol. The first-order chi connectivity index (χ1) is 12.1. The van der Waals surface area contributed by atoms with Crippen LogP contribution in [0.5, 0.6) is 5.88 Å². The molecule has 0 spiro atoms. The minimum absolute atomic E-state index is 0.280. The van der Waals surface area contributed by atoms with Crippen LogP contribution in [-0.2, 0) is 13.6 Å². The molecule has 0 unspecified atom stereocenters. The van der Waals surface area contributed by atoms with Crippen LogP contribution >= 0.6 is 0 Å². The fourth-order valence-corrected chi connectivity index (χ4v) is 3.74. The molecule has 25 heavy (non-hydrogen) atoms. The van der Waals surface area contributed by atoms with E-state index in [1.165, 1.54) is 12.8 Å². The summed E-state index contributed by atoms with van der Waals surface area (Å²) in [6.07, 6.45) is 4.30. The van der Waals surface area contributed by atoms with Crippen LogP contribution in [0.15, 0.2) is 22.8 Å². The Kier molecular flexibility index (Phi) is 5.81. The Balaban J connectivity index is 1.70. The average Bonchev–Trinajstić information content (AvgIpc) is 3.33. The SMILES string of the molecule is COc1c(CNC[C@@H](c2ccco2)N2CCCC2)c(C(C)C)nn1C. The van der Waals surface area contributed by atoms with Crippen LogP contribution in [0.1, 0.15) is 55.7 Å². The Hall–Kier alpha value is -1.79. The second kappa shape index (κ2) is 8.06. The summed E-state index contributed by atoms with van der Waals surface area (Å²) >= 11 is 0. The van der Waals surface area contributed by atoms with E-state index in [1.54, 1.807) is 13.4 Å². The molecule has 0 radical (unpaired) electrons. The van der Waals surface area contributed by atoms with Crippen molar-refractivity contribution in [3.8, 4) is 5.88 Å². The van der Waals surface area contributed by atoms with Crippen molar-refractivity contribution < 1.29 is 9.15 Å². The number of likely N-dealkylation sites (tertiary alicyclic amines) is 1. The minimum Gasteiger partial charge on any atom is -0.481 e. The highest BCUT2D eigenvalue weighted by Gasteiger charge is 2.26. The summed E-state index contributed by atoms with van der Waals surface area (Å²) in [4.78, 5) is 2.51. The molecule has 1 saturated heterocycles. The molecule has 0 saturated carbocycles. The van der Waals surface area contributed by atoms with Gasteiger partial charge in [0.05, 0.1) is 30.7 Å². The number of ether oxygens (including phenoxy) is 1. The van der Waals surface area contributed by atoms with Gasteiger partial charge in [0.15, 0.2) is 0 Å². The molecule has 1 N–H and O–H groups in total. The monoisotopic (exact) mass is 346 g/mol. The number of rotatable bonds is 8. The highest BCUT2D eigenvalue weighted by atomic mass is 16.5. The lowest BCUT2D eigenvalue weighted by Crippen LogP contribution is -2.33. The van der Waals surface area contributed by atoms with Crippen LogP contribution in [0, 0.1) is 0 Å². The van der Waals surface area contributed by atoms with Gasteiger partial charge >= 0.3 is 0 Å². The second-order valence-electron chi connectivity index (χ2n) is 7.06. The summed E-state index contributed by atoms with van der Waals surface area (Å²) in [6, 6.07) is 4.33. The molecule has 2 aromatic rings. The fourth-order valence-electron chi connectivity index (χ4n) is 3.74. The third kappa shape index (κ3) is 3.90. The predicted octanol–water partition coefficient (Wildman–Crippen LogP) is 3.07. The maximum Gasteiger partial charge on any atom is 0.216 e. The van der Waals surface area contributed by atoms with Crippen molar-refractivity contribution in [3.63, 3.8) is 0 Å². The lowest BCUT2D eigenvalue weighted by molar-refractivity contribution is 0.209. The van der Waals surface area contributed by atoms with Gasteiger partial charge in [0.25, 0.3) is 0 Å². The molecule has 0 amide bonds. The zero-order valence-corrected chi connectivity index (χ0v) is 15.8. The van der Waals surface area contributed by atoms with E-state index in [-0.39, 0.29) is 6.04 Å². The van der Waals surface area contributed by atoms with Crippen molar-refractivity contribution in [3.05, 3.63) is 35.4 Å². The Morgan fingerprint density at radius 1 is 1.32 bits per heavy atom. The van der Waals surface area contributed by atoms with Crippen LogP contribution in [0.3, 0.4) is 0 Å². The Morgan fingerprint density at radius 2 is 2.08 bits per heavy atom. The maximum atomic E-state index is 5.70. The van der Waals surface area contributed by atoms with Gasteiger partial charge in [-0.3, -0.25) is 4.90 Å². The number of nitrogens with one attached hydrogen (secondary N) is 1. The summed E-state index contributed by atoms with van der Waals surface area (Å²) in [6.45, 7) is 8.21. The van der Waals surface area contributed by atoms with Gasteiger partial charge in [-0.25, -0.2) is 4.68 Å². The minimum atomic E-state index is 0.280. The van der Waals surface area contributed by atoms with Gasteiger partial charge in [0, 0.05) is 20.1 Å². The first kappa shape index (κ1) is 18.0. The number of aromatic nitrogens is 2. The van der Waals surface area contributed by atoms with Crippen LogP contribution in [0.25, 0.3) is 0 Å². The number of hydrogen-bond donors (Lipinski definition) is 1. The van der Waals surface area contributed by atoms with E-state index >= 15 is 0 Å². The standard InChI is InChI=1S/C19H30N4O2/c1-14(2)18-15(19(24-4)22(3)21-18)12-20-13-16(17-8-7-11-25-17)23-9-5-6-10-23/h7-8,11,14,16,20H,5-6,9-10,12-13H2,1-4H3/t16-/m0/s1. The van der Waals surface area contributed by atoms with Gasteiger partial charge in [0.1, 0.15) is 5.76 Å². The molecule has 6 heteroatoms. The summed E-state index contributed by atoms with van der Waals surface area (Å²) in [5.74, 6) is 2.25. The van der Waals surface area contributed by atoms with Crippen molar-refractivity contribution in [2.45, 2.75) is 45.2 Å². The van der Waals surface area contributed by atoms with Crippen molar-refractivity contribution in [1.29, 1.82) is 0 Å². The molecule has 2 aromatic heterocycles. The number of nitrogens with zero attached hydrogens (tertiary/aromatic N) is 3. The molecule has 6 nitrogen and oxygen atoms in total. The smallest absolute Gasteiger partial charge is 0.216 e.